The van der Waals surface area contributed by atoms with Crippen molar-refractivity contribution < 1.29 is 15.4 Å². The number of Topliss-reactive ketones (excluding diaryl/α,β-unsaturated/α-hetero) is 1. The van der Waals surface area contributed by atoms with Crippen molar-refractivity contribution in [1.29, 1.82) is 0 Å². The molecule has 1 aromatic rings. The van der Waals surface area contributed by atoms with Gasteiger partial charge in [0.2, 0.25) is 0 Å². The fraction of sp³-hybridized carbons (Fsp3) is 0.579. The maximum Gasteiger partial charge on any atom is 0.254 e. The van der Waals surface area contributed by atoms with Crippen molar-refractivity contribution in [2.45, 2.75) is 58.9 Å². The molecule has 1 atom stereocenters. The van der Waals surface area contributed by atoms with Crippen LogP contribution in [0.3, 0.4) is 0 Å². The number of hydrogen-bond acceptors (Lipinski definition) is 2. The summed E-state index contributed by atoms with van der Waals surface area (Å²) in [5.41, 5.74) is 0.836. The zero-order valence-electron chi connectivity index (χ0n) is 14.2. The molecule has 0 heterocycles. The molecule has 0 aromatic heterocycles. The maximum absolute atomic E-state index is 13.9. The average molecular weight is 321 g/mol. The number of rotatable bonds is 5. The van der Waals surface area contributed by atoms with E-state index >= 15 is 0 Å². The SMILES string of the molecule is Cc1ccc(F)c(C(=O)N[C@@H](C(=O)C(C)C)C2CCCCC2)c1.[HH]. The molecule has 1 aliphatic carbocycles. The second-order valence-electron chi connectivity index (χ2n) is 6.89. The van der Waals surface area contributed by atoms with Crippen LogP contribution in [0.4, 0.5) is 4.39 Å². The van der Waals surface area contributed by atoms with Crippen molar-refractivity contribution >= 4 is 11.7 Å². The first-order valence-corrected chi connectivity index (χ1v) is 8.51. The van der Waals surface area contributed by atoms with Gasteiger partial charge >= 0.3 is 0 Å². The van der Waals surface area contributed by atoms with Crippen molar-refractivity contribution in [3.63, 3.8) is 0 Å². The van der Waals surface area contributed by atoms with Gasteiger partial charge in [0.05, 0.1) is 11.6 Å². The Balaban J connectivity index is 0.00000288. The van der Waals surface area contributed by atoms with E-state index in [4.69, 9.17) is 0 Å². The van der Waals surface area contributed by atoms with Crippen molar-refractivity contribution in [3.8, 4) is 0 Å². The minimum Gasteiger partial charge on any atom is -0.342 e. The lowest BCUT2D eigenvalue weighted by atomic mass is 9.80. The number of benzene rings is 1. The van der Waals surface area contributed by atoms with Gasteiger partial charge in [-0.1, -0.05) is 44.7 Å². The standard InChI is InChI=1S/C19H26FNO2.H2/c1-12(2)18(22)17(14-7-5-4-6-8-14)21-19(23)15-11-13(3)9-10-16(15)20;/h9-12,14,17H,4-8H2,1-3H3,(H,21,23);1H/t17-;/m1./s1. The second-order valence-corrected chi connectivity index (χ2v) is 6.89. The minimum atomic E-state index is -0.549. The Labute approximate surface area is 139 Å². The summed E-state index contributed by atoms with van der Waals surface area (Å²) in [6.07, 6.45) is 5.24. The Morgan fingerprint density at radius 3 is 2.48 bits per heavy atom. The smallest absolute Gasteiger partial charge is 0.254 e. The topological polar surface area (TPSA) is 46.2 Å². The van der Waals surface area contributed by atoms with Crippen molar-refractivity contribution in [2.75, 3.05) is 0 Å². The van der Waals surface area contributed by atoms with Crippen LogP contribution in [0.2, 0.25) is 0 Å². The van der Waals surface area contributed by atoms with Gasteiger partial charge < -0.3 is 5.32 Å². The second kappa shape index (κ2) is 7.71. The molecule has 0 radical (unpaired) electrons. The molecular weight excluding hydrogens is 293 g/mol. The number of halogens is 1. The zero-order valence-corrected chi connectivity index (χ0v) is 14.2. The molecule has 128 valence electrons. The van der Waals surface area contributed by atoms with E-state index in [9.17, 15) is 14.0 Å². The van der Waals surface area contributed by atoms with Gasteiger partial charge in [-0.15, -0.1) is 0 Å². The minimum absolute atomic E-state index is 0. The van der Waals surface area contributed by atoms with Crippen molar-refractivity contribution in [2.24, 2.45) is 11.8 Å². The van der Waals surface area contributed by atoms with E-state index in [0.29, 0.717) is 0 Å². The Hall–Kier alpha value is -1.71. The summed E-state index contributed by atoms with van der Waals surface area (Å²) < 4.78 is 13.9. The van der Waals surface area contributed by atoms with E-state index in [2.05, 4.69) is 5.32 Å². The van der Waals surface area contributed by atoms with Gasteiger partial charge in [0.1, 0.15) is 5.82 Å². The molecule has 1 fully saturated rings. The molecule has 1 N–H and O–H groups in total. The Morgan fingerprint density at radius 2 is 1.87 bits per heavy atom. The normalized spacial score (nSPS) is 17.1. The number of carbonyl (C=O) groups excluding carboxylic acids is 2. The highest BCUT2D eigenvalue weighted by molar-refractivity contribution is 5.98. The summed E-state index contributed by atoms with van der Waals surface area (Å²) in [7, 11) is 0. The molecule has 1 aromatic carbocycles. The highest BCUT2D eigenvalue weighted by atomic mass is 19.1. The molecule has 1 amide bonds. The summed E-state index contributed by atoms with van der Waals surface area (Å²) in [6, 6.07) is 3.94. The van der Waals surface area contributed by atoms with Crippen LogP contribution in [-0.4, -0.2) is 17.7 Å². The Bertz CT molecular complexity index is 583. The Kier molecular flexibility index (Phi) is 5.91. The van der Waals surface area contributed by atoms with E-state index in [1.807, 2.05) is 20.8 Å². The first-order valence-electron chi connectivity index (χ1n) is 8.51. The van der Waals surface area contributed by atoms with E-state index in [-0.39, 0.29) is 24.6 Å². The van der Waals surface area contributed by atoms with Gasteiger partial charge in [0.25, 0.3) is 5.91 Å². The van der Waals surface area contributed by atoms with Gasteiger partial charge in [0.15, 0.2) is 5.78 Å². The van der Waals surface area contributed by atoms with Crippen molar-refractivity contribution in [1.82, 2.24) is 5.32 Å². The van der Waals surface area contributed by atoms with Crippen LogP contribution in [0.25, 0.3) is 0 Å². The van der Waals surface area contributed by atoms with Gasteiger partial charge in [0, 0.05) is 7.34 Å². The fourth-order valence-corrected chi connectivity index (χ4v) is 3.28. The molecule has 0 aliphatic heterocycles. The lowest BCUT2D eigenvalue weighted by Crippen LogP contribution is -2.48. The van der Waals surface area contributed by atoms with Crippen LogP contribution in [0, 0.1) is 24.6 Å². The van der Waals surface area contributed by atoms with E-state index in [1.165, 1.54) is 18.6 Å². The molecule has 0 bridgehead atoms. The van der Waals surface area contributed by atoms with E-state index < -0.39 is 17.8 Å². The lowest BCUT2D eigenvalue weighted by Gasteiger charge is -2.31. The summed E-state index contributed by atoms with van der Waals surface area (Å²) in [4.78, 5) is 25.0. The molecule has 1 saturated carbocycles. The number of hydrogen-bond donors (Lipinski definition) is 1. The molecular formula is C19H28FNO2. The van der Waals surface area contributed by atoms with Crippen LogP contribution in [0.1, 0.15) is 63.3 Å². The number of carbonyl (C=O) groups is 2. The summed E-state index contributed by atoms with van der Waals surface area (Å²) in [5, 5.41) is 2.82. The molecule has 0 saturated heterocycles. The van der Waals surface area contributed by atoms with Gasteiger partial charge in [-0.25, -0.2) is 4.39 Å². The average Bonchev–Trinajstić information content (AvgIpc) is 2.54. The third-order valence-corrected chi connectivity index (χ3v) is 4.65. The summed E-state index contributed by atoms with van der Waals surface area (Å²) >= 11 is 0. The van der Waals surface area contributed by atoms with Crippen LogP contribution in [0.15, 0.2) is 18.2 Å². The highest BCUT2D eigenvalue weighted by Crippen LogP contribution is 2.28. The molecule has 0 unspecified atom stereocenters. The van der Waals surface area contributed by atoms with E-state index in [1.54, 1.807) is 6.07 Å². The van der Waals surface area contributed by atoms with Crippen LogP contribution in [-0.2, 0) is 4.79 Å². The van der Waals surface area contributed by atoms with Gasteiger partial charge in [-0.05, 0) is 37.8 Å². The van der Waals surface area contributed by atoms with Crippen molar-refractivity contribution in [3.05, 3.63) is 35.1 Å². The highest BCUT2D eigenvalue weighted by Gasteiger charge is 2.32. The molecule has 0 spiro atoms. The first-order chi connectivity index (χ1) is 10.9. The summed E-state index contributed by atoms with van der Waals surface area (Å²) in [5.74, 6) is -0.985. The largest absolute Gasteiger partial charge is 0.342 e. The first kappa shape index (κ1) is 17.6. The molecule has 2 rings (SSSR count). The lowest BCUT2D eigenvalue weighted by molar-refractivity contribution is -0.125. The van der Waals surface area contributed by atoms with E-state index in [0.717, 1.165) is 31.2 Å². The summed E-state index contributed by atoms with van der Waals surface area (Å²) in [6.45, 7) is 5.50. The number of amides is 1. The molecule has 1 aliphatic rings. The predicted molar refractivity (Wildman–Crippen MR) is 90.9 cm³/mol. The third kappa shape index (κ3) is 4.40. The van der Waals surface area contributed by atoms with Crippen LogP contribution < -0.4 is 5.32 Å². The number of aryl methyl sites for hydroxylation is 1. The Morgan fingerprint density at radius 1 is 1.22 bits per heavy atom. The number of ketones is 1. The predicted octanol–water partition coefficient (Wildman–Crippen LogP) is 4.28. The third-order valence-electron chi connectivity index (χ3n) is 4.65. The molecule has 4 heteroatoms. The molecule has 23 heavy (non-hydrogen) atoms. The van der Waals surface area contributed by atoms with Crippen LogP contribution in [0.5, 0.6) is 0 Å². The zero-order chi connectivity index (χ0) is 17.0. The van der Waals surface area contributed by atoms with Gasteiger partial charge in [-0.3, -0.25) is 9.59 Å². The molecule has 3 nitrogen and oxygen atoms in total. The van der Waals surface area contributed by atoms with Gasteiger partial charge in [-0.2, -0.15) is 0 Å². The van der Waals surface area contributed by atoms with Crippen LogP contribution >= 0.6 is 0 Å². The number of nitrogens with one attached hydrogen (secondary N) is 1. The monoisotopic (exact) mass is 321 g/mol. The quantitative estimate of drug-likeness (QED) is 0.879. The maximum atomic E-state index is 13.9. The fourth-order valence-electron chi connectivity index (χ4n) is 3.28.